The summed E-state index contributed by atoms with van der Waals surface area (Å²) in [6.45, 7) is 0.566. The number of sulfone groups is 1. The second kappa shape index (κ2) is 7.65. The molecule has 0 amide bonds. The van der Waals surface area contributed by atoms with Gasteiger partial charge in [-0.3, -0.25) is 18.7 Å². The Morgan fingerprint density at radius 3 is 2.48 bits per heavy atom. The molecule has 2 rings (SSSR count). The number of nitrogens with zero attached hydrogens (tertiary/aromatic N) is 2. The van der Waals surface area contributed by atoms with Gasteiger partial charge in [0.2, 0.25) is 0 Å². The summed E-state index contributed by atoms with van der Waals surface area (Å²) in [7, 11) is -3.54. The smallest absolute Gasteiger partial charge is 0.331 e. The van der Waals surface area contributed by atoms with Crippen LogP contribution in [0, 0.1) is 5.82 Å². The minimum Gasteiger partial charge on any atom is -0.480 e. The fourth-order valence-corrected chi connectivity index (χ4v) is 3.93. The molecule has 11 heteroatoms. The fraction of sp³-hybridized carbons (Fsp3) is 0.312. The van der Waals surface area contributed by atoms with Crippen LogP contribution in [0.3, 0.4) is 0 Å². The van der Waals surface area contributed by atoms with Gasteiger partial charge in [0, 0.05) is 18.0 Å². The monoisotopic (exact) mass is 418 g/mol. The highest BCUT2D eigenvalue weighted by Gasteiger charge is 2.22. The van der Waals surface area contributed by atoms with Gasteiger partial charge in [-0.2, -0.15) is 0 Å². The first kappa shape index (κ1) is 20.8. The summed E-state index contributed by atoms with van der Waals surface area (Å²) in [5.74, 6) is -2.68. The third-order valence-electron chi connectivity index (χ3n) is 3.72. The maximum absolute atomic E-state index is 13.8. The average Bonchev–Trinajstić information content (AvgIpc) is 2.51. The van der Waals surface area contributed by atoms with Gasteiger partial charge >= 0.3 is 11.7 Å². The molecule has 27 heavy (non-hydrogen) atoms. The van der Waals surface area contributed by atoms with E-state index in [0.29, 0.717) is 4.57 Å². The Labute approximate surface area is 158 Å². The number of carboxylic acid groups (broad SMARTS) is 1. The molecule has 1 heterocycles. The molecule has 2 aromatic rings. The molecule has 0 unspecified atom stereocenters. The van der Waals surface area contributed by atoms with Crippen molar-refractivity contribution < 1.29 is 22.7 Å². The first-order chi connectivity index (χ1) is 12.4. The van der Waals surface area contributed by atoms with Crippen molar-refractivity contribution in [3.63, 3.8) is 0 Å². The van der Waals surface area contributed by atoms with Crippen molar-refractivity contribution >= 4 is 27.4 Å². The molecule has 1 aromatic heterocycles. The summed E-state index contributed by atoms with van der Waals surface area (Å²) in [5.41, 5.74) is -2.15. The Bertz CT molecular complexity index is 1120. The van der Waals surface area contributed by atoms with E-state index < -0.39 is 51.2 Å². The third kappa shape index (κ3) is 4.64. The van der Waals surface area contributed by atoms with Crippen molar-refractivity contribution in [1.29, 1.82) is 0 Å². The molecule has 1 aromatic carbocycles. The summed E-state index contributed by atoms with van der Waals surface area (Å²) in [6.07, 6.45) is 1.92. The normalized spacial score (nSPS) is 12.7. The van der Waals surface area contributed by atoms with Crippen molar-refractivity contribution in [2.75, 3.05) is 12.0 Å². The number of aromatic nitrogens is 2. The Kier molecular flexibility index (Phi) is 5.91. The van der Waals surface area contributed by atoms with Crippen LogP contribution < -0.4 is 11.2 Å². The molecule has 146 valence electrons. The molecule has 0 aliphatic rings. The summed E-state index contributed by atoms with van der Waals surface area (Å²) in [6, 6.07) is 2.63. The predicted octanol–water partition coefficient (Wildman–Crippen LogP) is 1.16. The maximum atomic E-state index is 13.8. The highest BCUT2D eigenvalue weighted by Crippen LogP contribution is 2.27. The average molecular weight is 419 g/mol. The lowest BCUT2D eigenvalue weighted by Gasteiger charge is -2.17. The second-order valence-electron chi connectivity index (χ2n) is 6.06. The van der Waals surface area contributed by atoms with Crippen LogP contribution in [-0.2, 0) is 21.2 Å². The van der Waals surface area contributed by atoms with E-state index in [9.17, 15) is 27.2 Å². The van der Waals surface area contributed by atoms with Crippen LogP contribution >= 0.6 is 11.6 Å². The van der Waals surface area contributed by atoms with Crippen LogP contribution in [0.4, 0.5) is 4.39 Å². The number of carboxylic acids is 1. The molecule has 0 aliphatic carbocycles. The van der Waals surface area contributed by atoms with Gasteiger partial charge in [-0.1, -0.05) is 23.7 Å². The predicted molar refractivity (Wildman–Crippen MR) is 97.4 cm³/mol. The zero-order valence-electron chi connectivity index (χ0n) is 14.3. The molecule has 0 saturated heterocycles. The molecule has 0 bridgehead atoms. The minimum atomic E-state index is -3.54. The van der Waals surface area contributed by atoms with Crippen LogP contribution in [-0.4, -0.2) is 40.6 Å². The molecular formula is C16H16ClFN2O6S. The van der Waals surface area contributed by atoms with E-state index in [1.807, 2.05) is 0 Å². The van der Waals surface area contributed by atoms with Crippen molar-refractivity contribution in [3.8, 4) is 11.1 Å². The number of hydrogen-bond donors (Lipinski definition) is 1. The summed E-state index contributed by atoms with van der Waals surface area (Å²) in [4.78, 5) is 36.4. The largest absolute Gasteiger partial charge is 0.480 e. The molecule has 0 spiro atoms. The SMILES string of the molecule is C[C@@H](CS(C)(=O)=O)n1c(=O)c(-c2cccc(F)c2Cl)cn(CC(=O)O)c1=O. The van der Waals surface area contributed by atoms with Gasteiger partial charge in [-0.15, -0.1) is 0 Å². The first-order valence-electron chi connectivity index (χ1n) is 7.62. The summed E-state index contributed by atoms with van der Waals surface area (Å²) < 4.78 is 38.3. The molecule has 0 fully saturated rings. The number of hydrogen-bond acceptors (Lipinski definition) is 5. The van der Waals surface area contributed by atoms with E-state index in [2.05, 4.69) is 0 Å². The summed E-state index contributed by atoms with van der Waals surface area (Å²) in [5, 5.41) is 8.63. The molecular weight excluding hydrogens is 403 g/mol. The van der Waals surface area contributed by atoms with E-state index in [1.165, 1.54) is 19.1 Å². The number of benzene rings is 1. The van der Waals surface area contributed by atoms with Crippen molar-refractivity contribution in [3.05, 3.63) is 56.1 Å². The van der Waals surface area contributed by atoms with Gasteiger partial charge in [-0.25, -0.2) is 17.6 Å². The fourth-order valence-electron chi connectivity index (χ4n) is 2.68. The van der Waals surface area contributed by atoms with Gasteiger partial charge in [0.25, 0.3) is 5.56 Å². The maximum Gasteiger partial charge on any atom is 0.331 e. The number of halogens is 2. The Morgan fingerprint density at radius 1 is 1.30 bits per heavy atom. The number of carbonyl (C=O) groups is 1. The van der Waals surface area contributed by atoms with E-state index >= 15 is 0 Å². The van der Waals surface area contributed by atoms with Crippen LogP contribution in [0.2, 0.25) is 5.02 Å². The van der Waals surface area contributed by atoms with Crippen molar-refractivity contribution in [1.82, 2.24) is 9.13 Å². The van der Waals surface area contributed by atoms with Crippen LogP contribution in [0.5, 0.6) is 0 Å². The highest BCUT2D eigenvalue weighted by atomic mass is 35.5. The second-order valence-corrected chi connectivity index (χ2v) is 8.63. The topological polar surface area (TPSA) is 115 Å². The lowest BCUT2D eigenvalue weighted by Crippen LogP contribution is -2.44. The van der Waals surface area contributed by atoms with Gasteiger partial charge in [-0.05, 0) is 13.0 Å². The Balaban J connectivity index is 2.84. The number of aliphatic carboxylic acids is 1. The van der Waals surface area contributed by atoms with Gasteiger partial charge in [0.1, 0.15) is 22.2 Å². The molecule has 1 N–H and O–H groups in total. The molecule has 8 nitrogen and oxygen atoms in total. The Morgan fingerprint density at radius 2 is 1.93 bits per heavy atom. The molecule has 1 atom stereocenters. The van der Waals surface area contributed by atoms with E-state index in [1.54, 1.807) is 0 Å². The summed E-state index contributed by atoms with van der Waals surface area (Å²) >= 11 is 5.91. The quantitative estimate of drug-likeness (QED) is 0.752. The lowest BCUT2D eigenvalue weighted by atomic mass is 10.1. The molecule has 0 radical (unpaired) electrons. The highest BCUT2D eigenvalue weighted by molar-refractivity contribution is 7.90. The first-order valence-corrected chi connectivity index (χ1v) is 10.1. The zero-order chi connectivity index (χ0) is 20.5. The van der Waals surface area contributed by atoms with Gasteiger partial charge in [0.15, 0.2) is 0 Å². The standard InChI is InChI=1S/C16H16ClFN2O6S/c1-9(8-27(2,25)26)20-15(23)11(6-19(16(20)24)7-13(21)22)10-4-3-5-12(18)14(10)17/h3-6,9H,7-8H2,1-2H3,(H,21,22)/t9-/m0/s1. The van der Waals surface area contributed by atoms with Crippen LogP contribution in [0.25, 0.3) is 11.1 Å². The number of rotatable bonds is 6. The van der Waals surface area contributed by atoms with Crippen molar-refractivity contribution in [2.45, 2.75) is 19.5 Å². The van der Waals surface area contributed by atoms with Gasteiger partial charge in [0.05, 0.1) is 22.4 Å². The van der Waals surface area contributed by atoms with E-state index in [0.717, 1.165) is 23.1 Å². The minimum absolute atomic E-state index is 0.0406. The van der Waals surface area contributed by atoms with E-state index in [4.69, 9.17) is 16.7 Å². The van der Waals surface area contributed by atoms with Crippen LogP contribution in [0.1, 0.15) is 13.0 Å². The van der Waals surface area contributed by atoms with E-state index in [-0.39, 0.29) is 16.1 Å². The van der Waals surface area contributed by atoms with Crippen molar-refractivity contribution in [2.24, 2.45) is 0 Å². The Hall–Kier alpha value is -2.46. The van der Waals surface area contributed by atoms with Gasteiger partial charge < -0.3 is 5.11 Å². The third-order valence-corrected chi connectivity index (χ3v) is 5.19. The zero-order valence-corrected chi connectivity index (χ0v) is 15.9. The molecule has 0 saturated carbocycles. The lowest BCUT2D eigenvalue weighted by molar-refractivity contribution is -0.137. The molecule has 0 aliphatic heterocycles. The van der Waals surface area contributed by atoms with Crippen LogP contribution in [0.15, 0.2) is 34.0 Å².